The second kappa shape index (κ2) is 7.08. The monoisotopic (exact) mass is 396 g/mol. The highest BCUT2D eigenvalue weighted by atomic mass is 32.1. The summed E-state index contributed by atoms with van der Waals surface area (Å²) in [6.07, 6.45) is 0.542. The summed E-state index contributed by atoms with van der Waals surface area (Å²) in [5.74, 6) is 1.25. The van der Waals surface area contributed by atoms with Crippen LogP contribution < -0.4 is 10.2 Å². The van der Waals surface area contributed by atoms with E-state index in [9.17, 15) is 5.11 Å². The molecule has 4 aromatic rings. The molecule has 1 aliphatic heterocycles. The predicted octanol–water partition coefficient (Wildman–Crippen LogP) is 0.668. The van der Waals surface area contributed by atoms with E-state index in [0.717, 1.165) is 42.1 Å². The lowest BCUT2D eigenvalue weighted by Crippen LogP contribution is -3.10. The molecule has 2 atom stereocenters. The fourth-order valence-corrected chi connectivity index (χ4v) is 5.23. The standard InChI is InChI=1S/C19H21N7OS/c1-12(27)9-20-17-16-14-7-8-25(10-13-5-3-2-4-6-13)11-15(14)28-18(16)26-19(21-17)22-23-24-26/h2-6,12,27H,7-11H2,1H3,(H,20,21,22,24)/p+1/t12-/m0/s1. The molecule has 0 fully saturated rings. The van der Waals surface area contributed by atoms with E-state index in [1.54, 1.807) is 27.7 Å². The number of quaternary nitrogens is 1. The minimum Gasteiger partial charge on any atom is -0.392 e. The molecule has 1 unspecified atom stereocenters. The number of tetrazole rings is 1. The number of nitrogens with zero attached hydrogens (tertiary/aromatic N) is 5. The van der Waals surface area contributed by atoms with Crippen LogP contribution in [0, 0.1) is 0 Å². The molecule has 3 aromatic heterocycles. The molecule has 0 bridgehead atoms. The molecule has 144 valence electrons. The molecule has 1 aliphatic rings. The zero-order valence-corrected chi connectivity index (χ0v) is 16.4. The van der Waals surface area contributed by atoms with Gasteiger partial charge in [-0.05, 0) is 22.9 Å². The first kappa shape index (κ1) is 17.5. The summed E-state index contributed by atoms with van der Waals surface area (Å²) in [5, 5.41) is 26.0. The Balaban J connectivity index is 1.53. The minimum atomic E-state index is -0.454. The van der Waals surface area contributed by atoms with E-state index in [4.69, 9.17) is 0 Å². The third kappa shape index (κ3) is 3.11. The number of nitrogens with one attached hydrogen (secondary N) is 2. The molecule has 4 heterocycles. The largest absolute Gasteiger partial charge is 0.392 e. The van der Waals surface area contributed by atoms with Gasteiger partial charge in [0.2, 0.25) is 0 Å². The van der Waals surface area contributed by atoms with Gasteiger partial charge < -0.3 is 15.3 Å². The molecule has 8 nitrogen and oxygen atoms in total. The summed E-state index contributed by atoms with van der Waals surface area (Å²) >= 11 is 1.75. The fourth-order valence-electron chi connectivity index (χ4n) is 3.86. The number of fused-ring (bicyclic) bond motifs is 5. The number of aliphatic hydroxyl groups excluding tert-OH is 1. The second-order valence-electron chi connectivity index (χ2n) is 7.35. The first-order valence-electron chi connectivity index (χ1n) is 9.51. The average Bonchev–Trinajstić information content (AvgIpc) is 3.30. The van der Waals surface area contributed by atoms with Gasteiger partial charge in [0, 0.05) is 18.5 Å². The predicted molar refractivity (Wildman–Crippen MR) is 108 cm³/mol. The number of anilines is 1. The van der Waals surface area contributed by atoms with E-state index >= 15 is 0 Å². The maximum Gasteiger partial charge on any atom is 0.276 e. The van der Waals surface area contributed by atoms with Gasteiger partial charge >= 0.3 is 0 Å². The van der Waals surface area contributed by atoms with Crippen molar-refractivity contribution in [3.8, 4) is 0 Å². The Morgan fingerprint density at radius 1 is 1.32 bits per heavy atom. The molecule has 0 saturated carbocycles. The van der Waals surface area contributed by atoms with Crippen molar-refractivity contribution in [2.75, 3.05) is 18.4 Å². The van der Waals surface area contributed by atoms with Gasteiger partial charge in [-0.1, -0.05) is 35.4 Å². The lowest BCUT2D eigenvalue weighted by molar-refractivity contribution is -0.929. The quantitative estimate of drug-likeness (QED) is 0.459. The van der Waals surface area contributed by atoms with Gasteiger partial charge in [0.1, 0.15) is 23.7 Å². The number of hydrogen-bond donors (Lipinski definition) is 3. The Kier molecular flexibility index (Phi) is 4.42. The van der Waals surface area contributed by atoms with Crippen LogP contribution in [-0.4, -0.2) is 49.3 Å². The summed E-state index contributed by atoms with van der Waals surface area (Å²) in [7, 11) is 0. The van der Waals surface area contributed by atoms with E-state index in [2.05, 4.69) is 56.2 Å². The number of thiophene rings is 1. The molecule has 3 N–H and O–H groups in total. The Hall–Kier alpha value is -2.62. The van der Waals surface area contributed by atoms with Crippen LogP contribution >= 0.6 is 11.3 Å². The summed E-state index contributed by atoms with van der Waals surface area (Å²) in [6, 6.07) is 10.7. The van der Waals surface area contributed by atoms with Crippen LogP contribution in [0.15, 0.2) is 30.3 Å². The normalized spacial score (nSPS) is 17.7. The summed E-state index contributed by atoms with van der Waals surface area (Å²) < 4.78 is 1.72. The van der Waals surface area contributed by atoms with Crippen LogP contribution in [0.25, 0.3) is 16.0 Å². The molecule has 0 spiro atoms. The smallest absolute Gasteiger partial charge is 0.276 e. The van der Waals surface area contributed by atoms with E-state index in [0.29, 0.717) is 12.3 Å². The van der Waals surface area contributed by atoms with E-state index in [1.807, 2.05) is 0 Å². The third-order valence-corrected chi connectivity index (χ3v) is 6.37. The number of hydrogen-bond acceptors (Lipinski definition) is 7. The van der Waals surface area contributed by atoms with Crippen LogP contribution in [0.4, 0.5) is 5.82 Å². The van der Waals surface area contributed by atoms with Gasteiger partial charge in [-0.3, -0.25) is 0 Å². The van der Waals surface area contributed by atoms with Crippen molar-refractivity contribution in [3.63, 3.8) is 0 Å². The first-order chi connectivity index (χ1) is 13.7. The van der Waals surface area contributed by atoms with Gasteiger partial charge in [-0.2, -0.15) is 9.50 Å². The molecule has 5 rings (SSSR count). The van der Waals surface area contributed by atoms with Gasteiger partial charge in [-0.15, -0.1) is 11.3 Å². The summed E-state index contributed by atoms with van der Waals surface area (Å²) in [6.45, 7) is 5.30. The maximum atomic E-state index is 9.69. The van der Waals surface area contributed by atoms with E-state index in [1.165, 1.54) is 16.0 Å². The van der Waals surface area contributed by atoms with Gasteiger partial charge in [0.25, 0.3) is 5.78 Å². The van der Waals surface area contributed by atoms with Crippen molar-refractivity contribution in [2.45, 2.75) is 32.5 Å². The van der Waals surface area contributed by atoms with Crippen molar-refractivity contribution in [1.82, 2.24) is 25.0 Å². The Labute approximate surface area is 165 Å². The van der Waals surface area contributed by atoms with Crippen LogP contribution in [0.3, 0.4) is 0 Å². The lowest BCUT2D eigenvalue weighted by atomic mass is 10.0. The Morgan fingerprint density at radius 2 is 2.18 bits per heavy atom. The molecule has 1 aromatic carbocycles. The highest BCUT2D eigenvalue weighted by molar-refractivity contribution is 7.19. The maximum absolute atomic E-state index is 9.69. The molecule has 28 heavy (non-hydrogen) atoms. The third-order valence-electron chi connectivity index (χ3n) is 5.17. The average molecular weight is 397 g/mol. The number of rotatable bonds is 5. The fraction of sp³-hybridized carbons (Fsp3) is 0.368. The number of benzene rings is 1. The van der Waals surface area contributed by atoms with Crippen molar-refractivity contribution < 1.29 is 10.0 Å². The lowest BCUT2D eigenvalue weighted by Gasteiger charge is -2.24. The second-order valence-corrected chi connectivity index (χ2v) is 8.44. The van der Waals surface area contributed by atoms with Crippen molar-refractivity contribution >= 4 is 33.1 Å². The molecular weight excluding hydrogens is 374 g/mol. The van der Waals surface area contributed by atoms with Crippen molar-refractivity contribution in [1.29, 1.82) is 0 Å². The topological polar surface area (TPSA) is 92.7 Å². The minimum absolute atomic E-state index is 0.440. The highest BCUT2D eigenvalue weighted by Crippen LogP contribution is 2.36. The van der Waals surface area contributed by atoms with Crippen molar-refractivity contribution in [3.05, 3.63) is 46.3 Å². The number of aromatic nitrogens is 5. The van der Waals surface area contributed by atoms with Gasteiger partial charge in [-0.25, -0.2) is 0 Å². The molecule has 0 radical (unpaired) electrons. The van der Waals surface area contributed by atoms with Crippen LogP contribution in [0.2, 0.25) is 0 Å². The van der Waals surface area contributed by atoms with Crippen molar-refractivity contribution in [2.24, 2.45) is 0 Å². The van der Waals surface area contributed by atoms with E-state index in [-0.39, 0.29) is 0 Å². The zero-order chi connectivity index (χ0) is 19.1. The van der Waals surface area contributed by atoms with Crippen LogP contribution in [-0.2, 0) is 19.5 Å². The summed E-state index contributed by atoms with van der Waals surface area (Å²) in [5.41, 5.74) is 2.71. The van der Waals surface area contributed by atoms with Crippen LogP contribution in [0.5, 0.6) is 0 Å². The van der Waals surface area contributed by atoms with Gasteiger partial charge in [0.15, 0.2) is 0 Å². The zero-order valence-electron chi connectivity index (χ0n) is 15.6. The Bertz CT molecular complexity index is 1120. The SMILES string of the molecule is C[C@H](O)CNc1nc2nnnn2c2sc3c(c12)CC[NH+](Cc1ccccc1)C3. The summed E-state index contributed by atoms with van der Waals surface area (Å²) in [4.78, 5) is 8.56. The Morgan fingerprint density at radius 3 is 3.00 bits per heavy atom. The first-order valence-corrected chi connectivity index (χ1v) is 10.3. The van der Waals surface area contributed by atoms with Gasteiger partial charge in [0.05, 0.1) is 22.9 Å². The van der Waals surface area contributed by atoms with Crippen LogP contribution in [0.1, 0.15) is 22.9 Å². The number of aliphatic hydroxyl groups is 1. The highest BCUT2D eigenvalue weighted by Gasteiger charge is 2.27. The molecule has 0 aliphatic carbocycles. The van der Waals surface area contributed by atoms with E-state index < -0.39 is 6.10 Å². The molecule has 0 saturated heterocycles. The molecule has 9 heteroatoms. The molecular formula is C19H22N7OS+. The molecule has 0 amide bonds.